The number of hydrogen-bond acceptors (Lipinski definition) is 7. The van der Waals surface area contributed by atoms with Gasteiger partial charge in [0, 0.05) is 36.2 Å². The molecule has 212 valence electrons. The Kier molecular flexibility index (Phi) is 7.03. The summed E-state index contributed by atoms with van der Waals surface area (Å²) >= 11 is 6.11. The van der Waals surface area contributed by atoms with Gasteiger partial charge in [0.25, 0.3) is 0 Å². The number of fused-ring (bicyclic) bond motifs is 2. The van der Waals surface area contributed by atoms with Gasteiger partial charge < -0.3 is 20.3 Å². The summed E-state index contributed by atoms with van der Waals surface area (Å²) in [7, 11) is -4.01. The molecule has 1 amide bonds. The molecule has 0 saturated carbocycles. The quantitative estimate of drug-likeness (QED) is 0.472. The molecule has 3 aromatic rings. The molecule has 9 nitrogen and oxygen atoms in total. The highest BCUT2D eigenvalue weighted by atomic mass is 35.5. The highest BCUT2D eigenvalue weighted by molar-refractivity contribution is 7.89. The molecule has 2 unspecified atom stereocenters. The number of halogens is 1. The Morgan fingerprint density at radius 2 is 1.75 bits per heavy atom. The van der Waals surface area contributed by atoms with Crippen molar-refractivity contribution in [2.75, 3.05) is 37.6 Å². The summed E-state index contributed by atoms with van der Waals surface area (Å²) in [6.07, 6.45) is 6.37. The van der Waals surface area contributed by atoms with Crippen LogP contribution in [0.5, 0.6) is 0 Å². The van der Waals surface area contributed by atoms with Gasteiger partial charge in [-0.05, 0) is 66.4 Å². The third kappa shape index (κ3) is 4.65. The van der Waals surface area contributed by atoms with Crippen LogP contribution in [0, 0.1) is 0 Å². The van der Waals surface area contributed by atoms with Crippen LogP contribution in [0.25, 0.3) is 10.8 Å². The SMILES string of the molecule is CCCC(N)C12CN(S(=O)(=O)c3ccc4cc(Cl)ccc4c3)CC(=O)N1CC1(CCN(c3ccncc3)CC1)O2. The lowest BCUT2D eigenvalue weighted by Crippen LogP contribution is -2.70. The monoisotopic (exact) mass is 583 g/mol. The van der Waals surface area contributed by atoms with Crippen molar-refractivity contribution in [3.05, 3.63) is 65.9 Å². The molecular formula is C29H34ClN5O4S. The molecule has 6 rings (SSSR count). The number of nitrogens with two attached hydrogens (primary N) is 1. The van der Waals surface area contributed by atoms with Gasteiger partial charge >= 0.3 is 0 Å². The summed E-state index contributed by atoms with van der Waals surface area (Å²) in [6, 6.07) is 13.7. The van der Waals surface area contributed by atoms with Crippen molar-refractivity contribution in [1.29, 1.82) is 0 Å². The number of piperazine rings is 1. The normalized spacial score (nSPS) is 24.0. The number of amides is 1. The van der Waals surface area contributed by atoms with Crippen LogP contribution in [0.4, 0.5) is 5.69 Å². The van der Waals surface area contributed by atoms with Crippen molar-refractivity contribution < 1.29 is 17.9 Å². The van der Waals surface area contributed by atoms with E-state index in [0.29, 0.717) is 30.8 Å². The number of rotatable bonds is 6. The molecule has 40 heavy (non-hydrogen) atoms. The first-order chi connectivity index (χ1) is 19.2. The van der Waals surface area contributed by atoms with E-state index in [1.165, 1.54) is 4.31 Å². The molecule has 3 fully saturated rings. The number of anilines is 1. The number of pyridine rings is 1. The Morgan fingerprint density at radius 1 is 1.05 bits per heavy atom. The molecule has 2 aromatic carbocycles. The number of nitrogens with zero attached hydrogens (tertiary/aromatic N) is 4. The van der Waals surface area contributed by atoms with E-state index in [0.717, 1.165) is 36.0 Å². The summed E-state index contributed by atoms with van der Waals surface area (Å²) in [5.74, 6) is -0.276. The van der Waals surface area contributed by atoms with Crippen molar-refractivity contribution >= 4 is 44.0 Å². The van der Waals surface area contributed by atoms with Crippen LogP contribution >= 0.6 is 11.6 Å². The molecule has 1 aromatic heterocycles. The first kappa shape index (κ1) is 27.4. The minimum absolute atomic E-state index is 0.00326. The van der Waals surface area contributed by atoms with E-state index >= 15 is 0 Å². The highest BCUT2D eigenvalue weighted by Gasteiger charge is 2.62. The van der Waals surface area contributed by atoms with E-state index in [2.05, 4.69) is 9.88 Å². The van der Waals surface area contributed by atoms with E-state index in [-0.39, 0.29) is 23.9 Å². The van der Waals surface area contributed by atoms with Crippen LogP contribution < -0.4 is 10.6 Å². The number of carbonyl (C=O) groups is 1. The molecule has 0 bridgehead atoms. The maximum Gasteiger partial charge on any atom is 0.243 e. The standard InChI is InChI=1S/C29H34ClN5O4S/c1-2-3-26(31)29-20-34(40(37,38)25-7-5-21-16-23(30)6-4-22(21)17-25)18-27(36)35(29)19-28(39-29)10-14-33(15-11-28)24-8-12-32-13-9-24/h4-9,12-13,16-17,26H,2-3,10-11,14-15,18-20,31H2,1H3. The Morgan fingerprint density at radius 3 is 2.48 bits per heavy atom. The maximum absolute atomic E-state index is 13.9. The van der Waals surface area contributed by atoms with Gasteiger partial charge in [-0.25, -0.2) is 8.42 Å². The molecule has 2 atom stereocenters. The third-order valence-corrected chi connectivity index (χ3v) is 10.6. The van der Waals surface area contributed by atoms with E-state index < -0.39 is 27.4 Å². The zero-order valence-corrected chi connectivity index (χ0v) is 24.1. The average Bonchev–Trinajstić information content (AvgIpc) is 3.29. The molecule has 3 aliphatic heterocycles. The smallest absolute Gasteiger partial charge is 0.243 e. The predicted octanol–water partition coefficient (Wildman–Crippen LogP) is 3.61. The first-order valence-corrected chi connectivity index (χ1v) is 15.6. The molecule has 3 aliphatic rings. The lowest BCUT2D eigenvalue weighted by atomic mass is 9.91. The molecule has 3 saturated heterocycles. The van der Waals surface area contributed by atoms with E-state index in [9.17, 15) is 13.2 Å². The summed E-state index contributed by atoms with van der Waals surface area (Å²) in [5, 5.41) is 2.17. The summed E-state index contributed by atoms with van der Waals surface area (Å²) < 4.78 is 36.1. The van der Waals surface area contributed by atoms with Crippen molar-refractivity contribution in [3.63, 3.8) is 0 Å². The number of carbonyl (C=O) groups excluding carboxylic acids is 1. The van der Waals surface area contributed by atoms with Crippen LogP contribution in [0.3, 0.4) is 0 Å². The van der Waals surface area contributed by atoms with Crippen LogP contribution in [0.2, 0.25) is 5.02 Å². The zero-order valence-electron chi connectivity index (χ0n) is 22.5. The van der Waals surface area contributed by atoms with E-state index in [1.807, 2.05) is 19.1 Å². The van der Waals surface area contributed by atoms with Crippen LogP contribution in [0.15, 0.2) is 65.8 Å². The molecule has 1 spiro atoms. The lowest BCUT2D eigenvalue weighted by Gasteiger charge is -2.48. The van der Waals surface area contributed by atoms with Crippen LogP contribution in [0.1, 0.15) is 32.6 Å². The molecule has 4 heterocycles. The molecule has 0 radical (unpaired) electrons. The largest absolute Gasteiger partial charge is 0.371 e. The molecule has 2 N–H and O–H groups in total. The second-order valence-corrected chi connectivity index (χ2v) is 13.5. The van der Waals surface area contributed by atoms with Gasteiger partial charge in [-0.1, -0.05) is 37.1 Å². The lowest BCUT2D eigenvalue weighted by molar-refractivity contribution is -0.186. The molecule has 0 aliphatic carbocycles. The number of hydrogen-bond donors (Lipinski definition) is 1. The Labute approximate surface area is 239 Å². The third-order valence-electron chi connectivity index (χ3n) is 8.61. The molecule has 11 heteroatoms. The van der Waals surface area contributed by atoms with E-state index in [1.54, 1.807) is 53.7 Å². The number of sulfonamides is 1. The van der Waals surface area contributed by atoms with Gasteiger partial charge in [-0.2, -0.15) is 4.31 Å². The van der Waals surface area contributed by atoms with Gasteiger partial charge in [0.2, 0.25) is 15.9 Å². The predicted molar refractivity (Wildman–Crippen MR) is 155 cm³/mol. The number of benzene rings is 2. The number of piperidine rings is 1. The Bertz CT molecular complexity index is 1530. The summed E-state index contributed by atoms with van der Waals surface area (Å²) in [4.78, 5) is 22.0. The van der Waals surface area contributed by atoms with Crippen molar-refractivity contribution in [3.8, 4) is 0 Å². The van der Waals surface area contributed by atoms with Gasteiger partial charge in [-0.3, -0.25) is 9.78 Å². The fraction of sp³-hybridized carbons (Fsp3) is 0.448. The van der Waals surface area contributed by atoms with Gasteiger partial charge in [-0.15, -0.1) is 0 Å². The van der Waals surface area contributed by atoms with Gasteiger partial charge in [0.15, 0.2) is 5.72 Å². The summed E-state index contributed by atoms with van der Waals surface area (Å²) in [5.41, 5.74) is 6.07. The minimum Gasteiger partial charge on any atom is -0.371 e. The minimum atomic E-state index is -4.01. The van der Waals surface area contributed by atoms with Gasteiger partial charge in [0.05, 0.1) is 36.2 Å². The van der Waals surface area contributed by atoms with Crippen molar-refractivity contribution in [1.82, 2.24) is 14.2 Å². The maximum atomic E-state index is 13.9. The van der Waals surface area contributed by atoms with Crippen molar-refractivity contribution in [2.45, 2.75) is 54.9 Å². The average molecular weight is 584 g/mol. The number of aromatic nitrogens is 1. The van der Waals surface area contributed by atoms with E-state index in [4.69, 9.17) is 22.1 Å². The fourth-order valence-corrected chi connectivity index (χ4v) is 8.07. The second kappa shape index (κ2) is 10.3. The topological polar surface area (TPSA) is 109 Å². The first-order valence-electron chi connectivity index (χ1n) is 13.8. The fourth-order valence-electron chi connectivity index (χ4n) is 6.44. The Hall–Kier alpha value is -2.76. The second-order valence-electron chi connectivity index (χ2n) is 11.1. The van der Waals surface area contributed by atoms with Crippen molar-refractivity contribution in [2.24, 2.45) is 5.73 Å². The summed E-state index contributed by atoms with van der Waals surface area (Å²) in [6.45, 7) is 3.71. The number of ether oxygens (including phenoxy) is 1. The zero-order chi connectivity index (χ0) is 28.1. The Balaban J connectivity index is 1.30. The highest BCUT2D eigenvalue weighted by Crippen LogP contribution is 2.46. The molecular weight excluding hydrogens is 550 g/mol. The van der Waals surface area contributed by atoms with Crippen LogP contribution in [-0.4, -0.2) is 78.6 Å². The van der Waals surface area contributed by atoms with Gasteiger partial charge in [0.1, 0.15) is 0 Å². The van der Waals surface area contributed by atoms with Crippen LogP contribution in [-0.2, 0) is 19.6 Å².